The first-order valence-electron chi connectivity index (χ1n) is 48.9. The molecule has 0 N–H and O–H groups in total. The van der Waals surface area contributed by atoms with E-state index >= 15 is 0 Å². The molecule has 0 saturated carbocycles. The van der Waals surface area contributed by atoms with Gasteiger partial charge in [-0.2, -0.15) is 0 Å². The van der Waals surface area contributed by atoms with Crippen LogP contribution in [0.2, 0.25) is 0 Å². The number of aromatic nitrogens is 3. The van der Waals surface area contributed by atoms with Crippen molar-refractivity contribution in [1.29, 1.82) is 0 Å². The molecule has 3 aliphatic rings. The second kappa shape index (κ2) is 33.8. The summed E-state index contributed by atoms with van der Waals surface area (Å²) in [6.45, 7) is 0. The first-order chi connectivity index (χ1) is 71.4. The van der Waals surface area contributed by atoms with Gasteiger partial charge in [-0.3, -0.25) is 0 Å². The van der Waals surface area contributed by atoms with E-state index in [4.69, 9.17) is 32.2 Å². The second-order valence-electron chi connectivity index (χ2n) is 37.3. The average molecular weight is 1900 g/mol. The van der Waals surface area contributed by atoms with Gasteiger partial charge in [0, 0.05) is 110 Å². The van der Waals surface area contributed by atoms with Crippen LogP contribution < -0.4 is 60.4 Å². The summed E-state index contributed by atoms with van der Waals surface area (Å²) < 4.78 is 53.7. The van der Waals surface area contributed by atoms with Crippen LogP contribution in [0, 0.1) is 0 Å². The maximum Gasteiger partial charge on any atom is 0.188 e. The zero-order chi connectivity index (χ0) is 94.7. The normalized spacial score (nSPS) is 13.0. The fraction of sp³-hybridized carbons (Fsp3) is 0.00752. The van der Waals surface area contributed by atoms with E-state index in [-0.39, 0.29) is 7.43 Å². The monoisotopic (exact) mass is 1890 g/mol. The van der Waals surface area contributed by atoms with Crippen molar-refractivity contribution in [3.63, 3.8) is 0 Å². The molecule has 0 saturated heterocycles. The Morgan fingerprint density at radius 2 is 0.483 bits per heavy atom. The quantitative estimate of drug-likeness (QED) is 0.126. The first kappa shape index (κ1) is 84.4. The fourth-order valence-corrected chi connectivity index (χ4v) is 33.6. The Kier molecular flexibility index (Phi) is 19.7. The maximum absolute atomic E-state index is 7.02. The van der Waals surface area contributed by atoms with Gasteiger partial charge >= 0.3 is 0 Å². The van der Waals surface area contributed by atoms with Crippen LogP contribution in [0.3, 0.4) is 0 Å². The molecular weight excluding hydrogens is 1810 g/mol. The summed E-state index contributed by atoms with van der Waals surface area (Å²) in [6.07, 6.45) is 0. The fourth-order valence-electron chi connectivity index (χ4n) is 23.6. The van der Waals surface area contributed by atoms with E-state index in [1.165, 1.54) is 95.9 Å². The summed E-state index contributed by atoms with van der Waals surface area (Å²) in [5.41, 5.74) is 21.6. The number of hydrogen-bond donors (Lipinski definition) is 0. The standard InChI is InChI=1S/2C48H31NO2Si.C36H21NO3.CH4/c1-3-15-33(16-4-1)52(34-17-5-2-6-18-34)45-27-12-11-26-44(45)51-48-38(23-14-28-46(48)52)37-21-13-22-39-40-31-32(29-30-43(40)50-47(37)39)49-41-24-9-7-19-35(41)36-20-8-10-25-42(36)49;1-3-14-34(15-4-1)52(35-16-5-2-6-17-35)46-25-12-11-24-44(46)50-45-28-26-32(30-47(45)52)36-20-13-21-39-40-31-33(27-29-43(40)51-48(36)39)49-41-22-9-7-18-37(41)38-19-8-10-23-42(38)49;1-4-14-29-23(10-1)24-11-2-5-15-30(24)37(29)22-20-27-25-12-3-6-16-31(25)39-35(27)28(21-22)26-13-9-19-34-36(26)40-33-18-8-7-17-32(33)38-34;/h2*1-31H;1-21H;1H4. The predicted molar refractivity (Wildman–Crippen MR) is 601 cm³/mol. The lowest BCUT2D eigenvalue weighted by Crippen LogP contribution is -2.76. The van der Waals surface area contributed by atoms with Gasteiger partial charge in [0.1, 0.15) is 56.5 Å². The molecule has 0 radical (unpaired) electrons. The zero-order valence-corrected chi connectivity index (χ0v) is 79.6. The van der Waals surface area contributed by atoms with Gasteiger partial charge in [0.2, 0.25) is 0 Å². The number of nitrogens with zero attached hydrogens (tertiary/aromatic N) is 3. The molecule has 684 valence electrons. The van der Waals surface area contributed by atoms with Crippen LogP contribution in [0.1, 0.15) is 7.43 Å². The molecule has 0 atom stereocenters. The molecule has 31 rings (SSSR count). The topological polar surface area (TPSA) is 91.1 Å². The Hall–Kier alpha value is -18.7. The molecule has 0 unspecified atom stereocenters. The molecule has 9 heterocycles. The SMILES string of the molecule is C.c1ccc([Si]2(c3ccccc3)c3ccccc3Oc3c(-c4cccc5c4oc4ccc(-n6c7ccccc7c7ccccc76)cc45)cccc32)cc1.c1ccc([Si]2(c3ccccc3)c3ccccc3Oc3ccc(-c4cccc5c4oc4ccc(-n6c7ccccc7c7ccccc76)cc45)cc32)cc1.c1ccc2c(c1)Oc1cccc(-c3cc(-n4c5ccccc5c5ccccc54)cc4c3oc3ccccc34)c1O2. The molecule has 10 nitrogen and oxygen atoms in total. The average Bonchev–Trinajstić information content (AvgIpc) is 1.69. The van der Waals surface area contributed by atoms with Crippen LogP contribution in [0.15, 0.2) is 517 Å². The first-order valence-corrected chi connectivity index (χ1v) is 52.9. The van der Waals surface area contributed by atoms with E-state index in [0.29, 0.717) is 23.0 Å². The van der Waals surface area contributed by atoms with Crippen LogP contribution in [-0.2, 0) is 0 Å². The number of rotatable bonds is 10. The second-order valence-corrected chi connectivity index (χ2v) is 44.8. The van der Waals surface area contributed by atoms with Crippen molar-refractivity contribution in [3.8, 4) is 96.4 Å². The van der Waals surface area contributed by atoms with Gasteiger partial charge in [0.05, 0.1) is 33.1 Å². The molecule has 145 heavy (non-hydrogen) atoms. The van der Waals surface area contributed by atoms with Crippen molar-refractivity contribution >= 4 is 189 Å². The number of hydrogen-bond acceptors (Lipinski definition) is 7. The van der Waals surface area contributed by atoms with Gasteiger partial charge in [0.15, 0.2) is 39.1 Å². The molecule has 22 aromatic carbocycles. The lowest BCUT2D eigenvalue weighted by Gasteiger charge is -2.40. The van der Waals surface area contributed by atoms with Gasteiger partial charge in [-0.15, -0.1) is 0 Å². The Bertz CT molecular complexity index is 9760. The molecule has 0 fully saturated rings. The minimum Gasteiger partial charge on any atom is -0.458 e. The van der Waals surface area contributed by atoms with E-state index in [9.17, 15) is 0 Å². The van der Waals surface area contributed by atoms with Crippen molar-refractivity contribution in [1.82, 2.24) is 13.7 Å². The Morgan fingerprint density at radius 3 is 0.979 bits per heavy atom. The zero-order valence-electron chi connectivity index (χ0n) is 77.6. The third-order valence-electron chi connectivity index (χ3n) is 29.7. The number of para-hydroxylation sites is 15. The van der Waals surface area contributed by atoms with Gasteiger partial charge in [-0.25, -0.2) is 0 Å². The molecule has 0 amide bonds. The lowest BCUT2D eigenvalue weighted by atomic mass is 9.99. The van der Waals surface area contributed by atoms with Crippen LogP contribution in [0.25, 0.3) is 182 Å². The lowest BCUT2D eigenvalue weighted by molar-refractivity contribution is 0.361. The third-order valence-corrected chi connectivity index (χ3v) is 39.4. The van der Waals surface area contributed by atoms with Crippen LogP contribution in [0.5, 0.6) is 46.0 Å². The van der Waals surface area contributed by atoms with Gasteiger partial charge in [0.25, 0.3) is 0 Å². The largest absolute Gasteiger partial charge is 0.458 e. The van der Waals surface area contributed by atoms with Gasteiger partial charge in [-0.1, -0.05) is 384 Å². The van der Waals surface area contributed by atoms with Crippen LogP contribution in [-0.4, -0.2) is 29.8 Å². The summed E-state index contributed by atoms with van der Waals surface area (Å²) in [5, 5.41) is 24.3. The van der Waals surface area contributed by atoms with E-state index in [2.05, 4.69) is 469 Å². The molecular formula is C133H87N3O7Si2. The van der Waals surface area contributed by atoms with Crippen molar-refractivity contribution in [2.45, 2.75) is 7.43 Å². The van der Waals surface area contributed by atoms with Crippen molar-refractivity contribution in [3.05, 3.63) is 504 Å². The highest BCUT2D eigenvalue weighted by molar-refractivity contribution is 7.21. The minimum atomic E-state index is -2.78. The summed E-state index contributed by atoms with van der Waals surface area (Å²) in [6, 6.07) is 179. The third kappa shape index (κ3) is 13.0. The number of benzene rings is 22. The van der Waals surface area contributed by atoms with E-state index in [1.54, 1.807) is 0 Å². The highest BCUT2D eigenvalue weighted by Gasteiger charge is 2.50. The Morgan fingerprint density at radius 1 is 0.166 bits per heavy atom. The summed E-state index contributed by atoms with van der Waals surface area (Å²) in [5.74, 6) is 6.43. The van der Waals surface area contributed by atoms with Crippen LogP contribution >= 0.6 is 0 Å². The van der Waals surface area contributed by atoms with Crippen molar-refractivity contribution in [2.24, 2.45) is 0 Å². The van der Waals surface area contributed by atoms with E-state index in [1.807, 2.05) is 48.5 Å². The molecule has 6 aromatic heterocycles. The number of ether oxygens (including phenoxy) is 4. The molecule has 3 aliphatic heterocycles. The summed E-state index contributed by atoms with van der Waals surface area (Å²) >= 11 is 0. The smallest absolute Gasteiger partial charge is 0.188 e. The van der Waals surface area contributed by atoms with Gasteiger partial charge in [-0.05, 0) is 174 Å². The molecule has 0 spiro atoms. The molecule has 0 bridgehead atoms. The molecule has 0 aliphatic carbocycles. The Balaban J connectivity index is 0.000000106. The highest BCUT2D eigenvalue weighted by Crippen LogP contribution is 2.53. The number of fused-ring (bicyclic) bond motifs is 24. The summed E-state index contributed by atoms with van der Waals surface area (Å²) in [4.78, 5) is 0. The van der Waals surface area contributed by atoms with Crippen molar-refractivity contribution < 1.29 is 32.2 Å². The Labute approximate surface area is 836 Å². The predicted octanol–water partition coefficient (Wildman–Crippen LogP) is 30.6. The van der Waals surface area contributed by atoms with Crippen molar-refractivity contribution in [2.75, 3.05) is 0 Å². The van der Waals surface area contributed by atoms with Gasteiger partial charge < -0.3 is 45.9 Å². The minimum absolute atomic E-state index is 0. The summed E-state index contributed by atoms with van der Waals surface area (Å²) in [7, 11) is -5.56. The molecule has 28 aromatic rings. The maximum atomic E-state index is 7.02. The number of furan rings is 3. The highest BCUT2D eigenvalue weighted by atomic mass is 28.3. The van der Waals surface area contributed by atoms with E-state index < -0.39 is 16.1 Å². The van der Waals surface area contributed by atoms with Crippen LogP contribution in [0.4, 0.5) is 0 Å². The van der Waals surface area contributed by atoms with E-state index in [0.717, 1.165) is 150 Å². The molecule has 12 heteroatoms.